The second-order valence-electron chi connectivity index (χ2n) is 5.39. The van der Waals surface area contributed by atoms with Crippen LogP contribution in [0.1, 0.15) is 18.2 Å². The van der Waals surface area contributed by atoms with E-state index in [4.69, 9.17) is 4.84 Å². The van der Waals surface area contributed by atoms with Crippen LogP contribution in [-0.4, -0.2) is 22.0 Å². The first-order chi connectivity index (χ1) is 11.8. The van der Waals surface area contributed by atoms with Crippen molar-refractivity contribution >= 4 is 5.82 Å². The number of nitrogens with zero attached hydrogens (tertiary/aromatic N) is 4. The summed E-state index contributed by atoms with van der Waals surface area (Å²) in [6.45, 7) is 2.57. The van der Waals surface area contributed by atoms with Gasteiger partial charge in [0, 0.05) is 36.8 Å². The molecule has 0 N–H and O–H groups in total. The number of aryl methyl sites for hydroxylation is 1. The van der Waals surface area contributed by atoms with E-state index < -0.39 is 0 Å². The van der Waals surface area contributed by atoms with E-state index in [0.717, 1.165) is 29.1 Å². The number of anilines is 1. The van der Waals surface area contributed by atoms with Gasteiger partial charge in [0.05, 0.1) is 6.61 Å². The summed E-state index contributed by atoms with van der Waals surface area (Å²) in [5.41, 5.74) is 3.03. The average molecular weight is 320 g/mol. The summed E-state index contributed by atoms with van der Waals surface area (Å²) in [4.78, 5) is 19.1. The molecule has 24 heavy (non-hydrogen) atoms. The third-order valence-electron chi connectivity index (χ3n) is 3.66. The first kappa shape index (κ1) is 16.1. The summed E-state index contributed by atoms with van der Waals surface area (Å²) in [7, 11) is 1.86. The second-order valence-corrected chi connectivity index (χ2v) is 5.39. The van der Waals surface area contributed by atoms with Crippen LogP contribution in [0.4, 0.5) is 5.82 Å². The summed E-state index contributed by atoms with van der Waals surface area (Å²) in [5.74, 6) is 1.42. The van der Waals surface area contributed by atoms with E-state index in [1.54, 1.807) is 17.5 Å². The third-order valence-corrected chi connectivity index (χ3v) is 3.66. The second kappa shape index (κ2) is 7.66. The van der Waals surface area contributed by atoms with E-state index in [0.29, 0.717) is 12.4 Å². The van der Waals surface area contributed by atoms with Crippen molar-refractivity contribution in [2.24, 2.45) is 0 Å². The fourth-order valence-corrected chi connectivity index (χ4v) is 2.27. The van der Waals surface area contributed by atoms with Gasteiger partial charge >= 0.3 is 0 Å². The standard InChI is InChI=1S/C19H20N4O/c1-3-17-13-18(22-19(21-17)16-9-11-20-12-10-16)23(2)24-14-15-7-5-4-6-8-15/h4-13H,3,14H2,1-2H3. The van der Waals surface area contributed by atoms with Gasteiger partial charge in [-0.2, -0.15) is 0 Å². The van der Waals surface area contributed by atoms with E-state index in [1.807, 2.05) is 55.6 Å². The molecule has 0 saturated carbocycles. The smallest absolute Gasteiger partial charge is 0.161 e. The highest BCUT2D eigenvalue weighted by atomic mass is 16.7. The molecule has 0 radical (unpaired) electrons. The van der Waals surface area contributed by atoms with Crippen molar-refractivity contribution in [3.8, 4) is 11.4 Å². The molecule has 0 fully saturated rings. The van der Waals surface area contributed by atoms with Crippen LogP contribution in [0.15, 0.2) is 60.9 Å². The molecular formula is C19H20N4O. The number of rotatable bonds is 6. The Morgan fingerprint density at radius 2 is 1.75 bits per heavy atom. The molecule has 5 heteroatoms. The lowest BCUT2D eigenvalue weighted by atomic mass is 10.2. The Hall–Kier alpha value is -2.79. The predicted molar refractivity (Wildman–Crippen MR) is 94.3 cm³/mol. The van der Waals surface area contributed by atoms with Crippen LogP contribution in [0.5, 0.6) is 0 Å². The van der Waals surface area contributed by atoms with E-state index >= 15 is 0 Å². The van der Waals surface area contributed by atoms with Crippen LogP contribution in [-0.2, 0) is 17.9 Å². The Balaban J connectivity index is 1.81. The average Bonchev–Trinajstić information content (AvgIpc) is 2.67. The molecule has 0 unspecified atom stereocenters. The lowest BCUT2D eigenvalue weighted by Gasteiger charge is -2.19. The molecule has 0 aliphatic carbocycles. The van der Waals surface area contributed by atoms with Crippen molar-refractivity contribution in [2.75, 3.05) is 12.1 Å². The number of hydrogen-bond acceptors (Lipinski definition) is 5. The van der Waals surface area contributed by atoms with E-state index in [2.05, 4.69) is 21.9 Å². The maximum atomic E-state index is 5.84. The minimum Gasteiger partial charge on any atom is -0.268 e. The van der Waals surface area contributed by atoms with Gasteiger partial charge in [-0.15, -0.1) is 0 Å². The van der Waals surface area contributed by atoms with Crippen molar-refractivity contribution in [1.82, 2.24) is 15.0 Å². The third kappa shape index (κ3) is 3.94. The van der Waals surface area contributed by atoms with Gasteiger partial charge in [0.25, 0.3) is 0 Å². The topological polar surface area (TPSA) is 51.1 Å². The molecule has 0 spiro atoms. The van der Waals surface area contributed by atoms with Crippen LogP contribution in [0.3, 0.4) is 0 Å². The van der Waals surface area contributed by atoms with Gasteiger partial charge in [-0.3, -0.25) is 9.82 Å². The van der Waals surface area contributed by atoms with Crippen LogP contribution in [0.2, 0.25) is 0 Å². The van der Waals surface area contributed by atoms with Crippen LogP contribution in [0.25, 0.3) is 11.4 Å². The summed E-state index contributed by atoms with van der Waals surface area (Å²) < 4.78 is 0. The molecule has 1 aromatic carbocycles. The van der Waals surface area contributed by atoms with E-state index in [-0.39, 0.29) is 0 Å². The molecule has 0 amide bonds. The lowest BCUT2D eigenvalue weighted by Crippen LogP contribution is -2.19. The van der Waals surface area contributed by atoms with Crippen molar-refractivity contribution < 1.29 is 4.84 Å². The predicted octanol–water partition coefficient (Wildman–Crippen LogP) is 3.67. The van der Waals surface area contributed by atoms with Crippen molar-refractivity contribution in [3.05, 3.63) is 72.2 Å². The fourth-order valence-electron chi connectivity index (χ4n) is 2.27. The monoisotopic (exact) mass is 320 g/mol. The van der Waals surface area contributed by atoms with Crippen molar-refractivity contribution in [2.45, 2.75) is 20.0 Å². The van der Waals surface area contributed by atoms with E-state index in [1.165, 1.54) is 0 Å². The Bertz CT molecular complexity index is 778. The quantitative estimate of drug-likeness (QED) is 0.649. The fraction of sp³-hybridized carbons (Fsp3) is 0.211. The highest BCUT2D eigenvalue weighted by molar-refractivity contribution is 5.56. The SMILES string of the molecule is CCc1cc(N(C)OCc2ccccc2)nc(-c2ccncc2)n1. The van der Waals surface area contributed by atoms with Gasteiger partial charge in [-0.25, -0.2) is 15.0 Å². The molecule has 0 atom stereocenters. The first-order valence-corrected chi connectivity index (χ1v) is 7.95. The van der Waals surface area contributed by atoms with Crippen molar-refractivity contribution in [1.29, 1.82) is 0 Å². The molecule has 3 aromatic rings. The van der Waals surface area contributed by atoms with Gasteiger partial charge in [-0.05, 0) is 24.1 Å². The Morgan fingerprint density at radius 3 is 2.46 bits per heavy atom. The van der Waals surface area contributed by atoms with Gasteiger partial charge in [0.2, 0.25) is 0 Å². The minimum absolute atomic E-state index is 0.493. The van der Waals surface area contributed by atoms with Crippen LogP contribution >= 0.6 is 0 Å². The summed E-state index contributed by atoms with van der Waals surface area (Å²) in [6, 6.07) is 15.8. The molecule has 0 bridgehead atoms. The maximum absolute atomic E-state index is 5.84. The summed E-state index contributed by atoms with van der Waals surface area (Å²) in [6.07, 6.45) is 4.32. The highest BCUT2D eigenvalue weighted by Crippen LogP contribution is 2.20. The zero-order valence-corrected chi connectivity index (χ0v) is 13.9. The number of benzene rings is 1. The minimum atomic E-state index is 0.493. The van der Waals surface area contributed by atoms with Gasteiger partial charge in [0.1, 0.15) is 0 Å². The molecule has 3 rings (SSSR count). The summed E-state index contributed by atoms with van der Waals surface area (Å²) >= 11 is 0. The van der Waals surface area contributed by atoms with Gasteiger partial charge in [-0.1, -0.05) is 37.3 Å². The summed E-state index contributed by atoms with van der Waals surface area (Å²) in [5, 5.41) is 1.69. The van der Waals surface area contributed by atoms with Crippen molar-refractivity contribution in [3.63, 3.8) is 0 Å². The molecule has 0 aliphatic rings. The Kier molecular flexibility index (Phi) is 5.13. The van der Waals surface area contributed by atoms with Crippen LogP contribution < -0.4 is 5.06 Å². The van der Waals surface area contributed by atoms with Gasteiger partial charge in [0.15, 0.2) is 11.6 Å². The zero-order valence-electron chi connectivity index (χ0n) is 13.9. The zero-order chi connectivity index (χ0) is 16.8. The van der Waals surface area contributed by atoms with E-state index in [9.17, 15) is 0 Å². The maximum Gasteiger partial charge on any atom is 0.161 e. The molecule has 0 aliphatic heterocycles. The number of hydroxylamine groups is 1. The number of aromatic nitrogens is 3. The molecular weight excluding hydrogens is 300 g/mol. The molecule has 122 valence electrons. The molecule has 0 saturated heterocycles. The molecule has 2 heterocycles. The number of hydrogen-bond donors (Lipinski definition) is 0. The number of pyridine rings is 1. The Labute approximate surface area is 141 Å². The lowest BCUT2D eigenvalue weighted by molar-refractivity contribution is 0.106. The Morgan fingerprint density at radius 1 is 1.00 bits per heavy atom. The molecule has 5 nitrogen and oxygen atoms in total. The van der Waals surface area contributed by atoms with Crippen LogP contribution in [0, 0.1) is 0 Å². The normalized spacial score (nSPS) is 10.6. The van der Waals surface area contributed by atoms with Gasteiger partial charge < -0.3 is 0 Å². The molecule has 2 aromatic heterocycles. The largest absolute Gasteiger partial charge is 0.268 e. The highest BCUT2D eigenvalue weighted by Gasteiger charge is 2.10. The first-order valence-electron chi connectivity index (χ1n) is 7.95.